The average Bonchev–Trinajstić information content (AvgIpc) is 3.19. The van der Waals surface area contributed by atoms with Crippen molar-refractivity contribution in [1.82, 2.24) is 4.90 Å². The van der Waals surface area contributed by atoms with Crippen LogP contribution >= 0.6 is 0 Å². The molecule has 39 heavy (non-hydrogen) atoms. The van der Waals surface area contributed by atoms with Crippen molar-refractivity contribution >= 4 is 17.6 Å². The summed E-state index contributed by atoms with van der Waals surface area (Å²) in [5.41, 5.74) is 0.871. The summed E-state index contributed by atoms with van der Waals surface area (Å²) in [5.74, 6) is -1.84. The lowest BCUT2D eigenvalue weighted by atomic mass is 9.84. The Morgan fingerprint density at radius 1 is 1.05 bits per heavy atom. The van der Waals surface area contributed by atoms with E-state index in [1.165, 1.54) is 25.2 Å². The lowest BCUT2D eigenvalue weighted by molar-refractivity contribution is -0.139. The Morgan fingerprint density at radius 2 is 1.77 bits per heavy atom. The van der Waals surface area contributed by atoms with Crippen molar-refractivity contribution in [2.45, 2.75) is 45.6 Å². The Kier molecular flexibility index (Phi) is 9.39. The van der Waals surface area contributed by atoms with Crippen molar-refractivity contribution in [3.05, 3.63) is 46.3 Å². The van der Waals surface area contributed by atoms with E-state index in [0.717, 1.165) is 0 Å². The quantitative estimate of drug-likeness (QED) is 0.253. The minimum atomic E-state index is -1.16. The Labute approximate surface area is 226 Å². The number of fused-ring (bicyclic) bond motifs is 1. The van der Waals surface area contributed by atoms with Gasteiger partial charge in [-0.15, -0.1) is 0 Å². The summed E-state index contributed by atoms with van der Waals surface area (Å²) in [6, 6.07) is 4.73. The lowest BCUT2D eigenvalue weighted by Gasteiger charge is -2.26. The normalized spacial score (nSPS) is 12.8. The molecule has 0 radical (unpaired) electrons. The third-order valence-corrected chi connectivity index (χ3v) is 6.28. The molecular formula is C28H35FN2O8. The molecule has 0 bridgehead atoms. The number of nitrogens with one attached hydrogen (secondary N) is 1. The van der Waals surface area contributed by atoms with Crippen molar-refractivity contribution in [2.75, 3.05) is 40.6 Å². The van der Waals surface area contributed by atoms with E-state index in [-0.39, 0.29) is 72.0 Å². The van der Waals surface area contributed by atoms with Crippen molar-refractivity contribution in [3.8, 4) is 23.0 Å². The van der Waals surface area contributed by atoms with Gasteiger partial charge in [-0.2, -0.15) is 0 Å². The number of aliphatic hydroxyl groups excluding tert-OH is 1. The van der Waals surface area contributed by atoms with Gasteiger partial charge in [0.2, 0.25) is 0 Å². The highest BCUT2D eigenvalue weighted by molar-refractivity contribution is 6.06. The highest BCUT2D eigenvalue weighted by atomic mass is 19.1. The number of hydrogen-bond donors (Lipinski definition) is 3. The van der Waals surface area contributed by atoms with Crippen LogP contribution in [0.2, 0.25) is 0 Å². The molecule has 1 aliphatic rings. The molecule has 2 aromatic carbocycles. The fourth-order valence-corrected chi connectivity index (χ4v) is 4.33. The van der Waals surface area contributed by atoms with Crippen molar-refractivity contribution in [3.63, 3.8) is 0 Å². The molecule has 3 rings (SSSR count). The summed E-state index contributed by atoms with van der Waals surface area (Å²) in [5, 5.41) is 26.8. The molecule has 0 aliphatic carbocycles. The summed E-state index contributed by atoms with van der Waals surface area (Å²) < 4.78 is 37.0. The minimum absolute atomic E-state index is 0.0000222. The number of carboxylic acids is 1. The first-order valence-electron chi connectivity index (χ1n) is 12.5. The number of aliphatic hydroxyl groups is 1. The highest BCUT2D eigenvalue weighted by Gasteiger charge is 2.33. The molecule has 0 atom stereocenters. The molecule has 0 aromatic heterocycles. The number of Topliss-reactive ketones (excluding diaryl/α,β-unsaturated/α-hetero) is 1. The van der Waals surface area contributed by atoms with Gasteiger partial charge in [-0.1, -0.05) is 20.8 Å². The van der Waals surface area contributed by atoms with Gasteiger partial charge in [-0.25, -0.2) is 9.18 Å². The SMILES string of the molecule is COc1cc2c(c(F)c1OC)C(=N)N(CC(=O)c1cc(OCCCCO)c(OCC(=O)O)c(C(C)(C)C)c1)C2. The summed E-state index contributed by atoms with van der Waals surface area (Å²) in [6.07, 6.45) is 1.05. The molecule has 1 heterocycles. The summed E-state index contributed by atoms with van der Waals surface area (Å²) in [7, 11) is 2.71. The molecule has 10 nitrogen and oxygen atoms in total. The van der Waals surface area contributed by atoms with Gasteiger partial charge in [0.1, 0.15) is 5.84 Å². The Bertz CT molecular complexity index is 1260. The second-order valence-electron chi connectivity index (χ2n) is 10.2. The van der Waals surface area contributed by atoms with E-state index in [0.29, 0.717) is 24.0 Å². The smallest absolute Gasteiger partial charge is 0.341 e. The van der Waals surface area contributed by atoms with E-state index < -0.39 is 23.8 Å². The summed E-state index contributed by atoms with van der Waals surface area (Å²) in [6.45, 7) is 5.25. The van der Waals surface area contributed by atoms with E-state index in [1.807, 2.05) is 20.8 Å². The first kappa shape index (κ1) is 29.7. The van der Waals surface area contributed by atoms with Gasteiger partial charge in [-0.05, 0) is 42.0 Å². The fraction of sp³-hybridized carbons (Fsp3) is 0.464. The molecule has 3 N–H and O–H groups in total. The van der Waals surface area contributed by atoms with Gasteiger partial charge in [0.25, 0.3) is 0 Å². The standard InChI is InChI=1S/C28H35FN2O8/c1-28(2,3)18-10-16(11-21(38-9-7-6-8-32)25(18)39-15-22(34)35)19(33)14-31-13-17-12-20(36-4)26(37-5)24(29)23(17)27(31)30/h10-12,30,32H,6-9,13-15H2,1-5H3,(H,34,35). The zero-order valence-electron chi connectivity index (χ0n) is 22.9. The molecule has 0 fully saturated rings. The number of methoxy groups -OCH3 is 2. The molecule has 0 unspecified atom stereocenters. The van der Waals surface area contributed by atoms with Crippen LogP contribution in [-0.4, -0.2) is 73.3 Å². The number of nitrogens with zero attached hydrogens (tertiary/aromatic N) is 1. The number of halogens is 1. The first-order valence-corrected chi connectivity index (χ1v) is 12.5. The Balaban J connectivity index is 1.95. The molecule has 1 aliphatic heterocycles. The second-order valence-corrected chi connectivity index (χ2v) is 10.2. The maximum atomic E-state index is 15.1. The minimum Gasteiger partial charge on any atom is -0.493 e. The van der Waals surface area contributed by atoms with E-state index in [9.17, 15) is 14.7 Å². The Morgan fingerprint density at radius 3 is 2.36 bits per heavy atom. The van der Waals surface area contributed by atoms with Crippen LogP contribution in [0.5, 0.6) is 23.0 Å². The van der Waals surface area contributed by atoms with Gasteiger partial charge in [0.05, 0.1) is 32.9 Å². The molecule has 0 spiro atoms. The number of rotatable bonds is 13. The molecule has 11 heteroatoms. The fourth-order valence-electron chi connectivity index (χ4n) is 4.33. The number of hydrogen-bond acceptors (Lipinski definition) is 8. The number of amidine groups is 1. The third kappa shape index (κ3) is 6.59. The van der Waals surface area contributed by atoms with Crippen LogP contribution in [0.1, 0.15) is 60.7 Å². The number of carbonyl (C=O) groups is 2. The first-order chi connectivity index (χ1) is 18.4. The van der Waals surface area contributed by atoms with E-state index in [1.54, 1.807) is 12.1 Å². The van der Waals surface area contributed by atoms with Crippen LogP contribution in [0.15, 0.2) is 18.2 Å². The van der Waals surface area contributed by atoms with Crippen LogP contribution in [0.25, 0.3) is 0 Å². The zero-order valence-corrected chi connectivity index (χ0v) is 22.9. The maximum Gasteiger partial charge on any atom is 0.341 e. The van der Waals surface area contributed by atoms with Gasteiger partial charge in [0, 0.05) is 24.3 Å². The summed E-state index contributed by atoms with van der Waals surface area (Å²) in [4.78, 5) is 26.2. The number of ketones is 1. The predicted octanol–water partition coefficient (Wildman–Crippen LogP) is 3.78. The predicted molar refractivity (Wildman–Crippen MR) is 141 cm³/mol. The van der Waals surface area contributed by atoms with Crippen molar-refractivity contribution < 1.29 is 43.1 Å². The molecule has 0 saturated heterocycles. The third-order valence-electron chi connectivity index (χ3n) is 6.28. The number of aliphatic carboxylic acids is 1. The number of carbonyl (C=O) groups excluding carboxylic acids is 1. The van der Waals surface area contributed by atoms with Crippen LogP contribution in [0.4, 0.5) is 4.39 Å². The maximum absolute atomic E-state index is 15.1. The highest BCUT2D eigenvalue weighted by Crippen LogP contribution is 2.41. The number of carboxylic acid groups (broad SMARTS) is 1. The topological polar surface area (TPSA) is 139 Å². The average molecular weight is 547 g/mol. The summed E-state index contributed by atoms with van der Waals surface area (Å²) >= 11 is 0. The van der Waals surface area contributed by atoms with Gasteiger partial charge in [0.15, 0.2) is 41.2 Å². The zero-order chi connectivity index (χ0) is 28.9. The van der Waals surface area contributed by atoms with E-state index in [2.05, 4.69) is 0 Å². The van der Waals surface area contributed by atoms with Gasteiger partial charge >= 0.3 is 5.97 Å². The van der Waals surface area contributed by atoms with Gasteiger partial charge in [-0.3, -0.25) is 10.2 Å². The van der Waals surface area contributed by atoms with Crippen LogP contribution in [-0.2, 0) is 16.8 Å². The largest absolute Gasteiger partial charge is 0.493 e. The second kappa shape index (κ2) is 12.3. The molecule has 0 saturated carbocycles. The van der Waals surface area contributed by atoms with Crippen LogP contribution < -0.4 is 18.9 Å². The monoisotopic (exact) mass is 546 g/mol. The Hall–Kier alpha value is -3.86. The molecule has 212 valence electrons. The van der Waals surface area contributed by atoms with E-state index in [4.69, 9.17) is 29.5 Å². The van der Waals surface area contributed by atoms with Crippen molar-refractivity contribution in [2.24, 2.45) is 0 Å². The lowest BCUT2D eigenvalue weighted by Crippen LogP contribution is -2.30. The number of ether oxygens (including phenoxy) is 4. The van der Waals surface area contributed by atoms with Crippen molar-refractivity contribution in [1.29, 1.82) is 5.41 Å². The molecule has 2 aromatic rings. The van der Waals surface area contributed by atoms with Crippen LogP contribution in [0.3, 0.4) is 0 Å². The van der Waals surface area contributed by atoms with Crippen LogP contribution in [0, 0.1) is 11.2 Å². The number of benzene rings is 2. The van der Waals surface area contributed by atoms with E-state index >= 15 is 4.39 Å². The number of unbranched alkanes of at least 4 members (excludes halogenated alkanes) is 1. The molecule has 0 amide bonds. The van der Waals surface area contributed by atoms with Gasteiger partial charge < -0.3 is 34.1 Å². The molecular weight excluding hydrogens is 511 g/mol.